The Bertz CT molecular complexity index is 1140. The van der Waals surface area contributed by atoms with Gasteiger partial charge in [-0.2, -0.15) is 0 Å². The normalized spacial score (nSPS) is 15.9. The number of aliphatic hydroxyl groups excluding tert-OH is 2. The number of nitrogens with zero attached hydrogens (tertiary/aromatic N) is 3. The number of aromatic nitrogens is 2. The number of carbonyl (C=O) groups excluding carboxylic acids is 5. The molecule has 0 aromatic carbocycles. The molecule has 4 atom stereocenters. The summed E-state index contributed by atoms with van der Waals surface area (Å²) >= 11 is 0. The Kier molecular flexibility index (Phi) is 19.0. The Morgan fingerprint density at radius 1 is 1.07 bits per heavy atom. The van der Waals surface area contributed by atoms with E-state index in [4.69, 9.17) is 14.9 Å². The standard InChI is InChI=1S/C20H36N5O10P.C5H8N2.CH4O/c1-11(2)7-14(24-20(31)16-5-6-25(16)13(4)27)18(29)22-9-17(28)23-15(10-26)19(30)21-8-12(3)35-36(32,33)34;1-5-3-6-4-7(5)2;1-2/h11-12,14-16,26H,5-10H2,1-4H3,(H,21,30)(H,22,29)(H,23,28)(H,24,31)(H2,32,33,34);3-4H,1-2H3;2H,1H3/t12?,14-,15?,16?;;/m0../s1. The second-order valence-corrected chi connectivity index (χ2v) is 11.7. The van der Waals surface area contributed by atoms with Crippen LogP contribution in [0.1, 0.15) is 46.2 Å². The maximum absolute atomic E-state index is 12.7. The first-order valence-electron chi connectivity index (χ1n) is 14.1. The third kappa shape index (κ3) is 16.5. The van der Waals surface area contributed by atoms with Gasteiger partial charge in [0.05, 0.1) is 25.6 Å². The molecule has 18 nitrogen and oxygen atoms in total. The summed E-state index contributed by atoms with van der Waals surface area (Å²) in [6.45, 7) is 7.21. The second-order valence-electron chi connectivity index (χ2n) is 10.5. The van der Waals surface area contributed by atoms with Crippen LogP contribution in [-0.2, 0) is 40.1 Å². The number of likely N-dealkylation sites (tertiary alicyclic amines) is 1. The highest BCUT2D eigenvalue weighted by molar-refractivity contribution is 7.46. The third-order valence-electron chi connectivity index (χ3n) is 6.26. The van der Waals surface area contributed by atoms with Gasteiger partial charge in [-0.15, -0.1) is 0 Å². The summed E-state index contributed by atoms with van der Waals surface area (Å²) in [6, 6.07) is -2.99. The summed E-state index contributed by atoms with van der Waals surface area (Å²) in [5.74, 6) is -2.94. The summed E-state index contributed by atoms with van der Waals surface area (Å²) in [5, 5.41) is 25.9. The molecule has 1 aliphatic rings. The molecule has 1 aromatic heterocycles. The van der Waals surface area contributed by atoms with E-state index in [0.29, 0.717) is 13.0 Å². The number of hydrogen-bond donors (Lipinski definition) is 8. The average Bonchev–Trinajstić information content (AvgIpc) is 3.29. The maximum atomic E-state index is 12.7. The van der Waals surface area contributed by atoms with Crippen molar-refractivity contribution in [3.05, 3.63) is 18.2 Å². The number of hydrogen-bond acceptors (Lipinski definition) is 10. The van der Waals surface area contributed by atoms with Crippen LogP contribution in [-0.4, -0.2) is 122 Å². The average molecular weight is 666 g/mol. The van der Waals surface area contributed by atoms with E-state index in [-0.39, 0.29) is 24.8 Å². The summed E-state index contributed by atoms with van der Waals surface area (Å²) in [7, 11) is -1.77. The zero-order chi connectivity index (χ0) is 34.9. The van der Waals surface area contributed by atoms with Crippen LogP contribution < -0.4 is 21.3 Å². The van der Waals surface area contributed by atoms with Gasteiger partial charge >= 0.3 is 7.82 Å². The monoisotopic (exact) mass is 665 g/mol. The maximum Gasteiger partial charge on any atom is 0.469 e. The van der Waals surface area contributed by atoms with Crippen LogP contribution in [0.5, 0.6) is 0 Å². The summed E-state index contributed by atoms with van der Waals surface area (Å²) in [4.78, 5) is 83.9. The number of nitrogens with one attached hydrogen (secondary N) is 4. The van der Waals surface area contributed by atoms with Crippen LogP contribution in [0.3, 0.4) is 0 Å². The molecule has 0 aliphatic carbocycles. The topological polar surface area (TPSA) is 262 Å². The van der Waals surface area contributed by atoms with Gasteiger partial charge in [0.15, 0.2) is 0 Å². The van der Waals surface area contributed by atoms with E-state index in [9.17, 15) is 33.6 Å². The zero-order valence-electron chi connectivity index (χ0n) is 26.7. The molecular weight excluding hydrogens is 617 g/mol. The highest BCUT2D eigenvalue weighted by atomic mass is 31.2. The Balaban J connectivity index is 0.00000185. The third-order valence-corrected chi connectivity index (χ3v) is 6.90. The van der Waals surface area contributed by atoms with Gasteiger partial charge in [-0.25, -0.2) is 9.55 Å². The molecule has 1 saturated heterocycles. The van der Waals surface area contributed by atoms with Gasteiger partial charge in [0.1, 0.15) is 18.1 Å². The molecule has 5 amide bonds. The fraction of sp³-hybridized carbons (Fsp3) is 0.692. The summed E-state index contributed by atoms with van der Waals surface area (Å²) < 4.78 is 17.1. The number of phosphoric ester groups is 1. The largest absolute Gasteiger partial charge is 0.469 e. The summed E-state index contributed by atoms with van der Waals surface area (Å²) in [5.41, 5.74) is 1.19. The fourth-order valence-corrected chi connectivity index (χ4v) is 4.34. The van der Waals surface area contributed by atoms with E-state index in [1.807, 2.05) is 38.6 Å². The van der Waals surface area contributed by atoms with Crippen LogP contribution in [0.2, 0.25) is 0 Å². The quantitative estimate of drug-likeness (QED) is 0.0975. The lowest BCUT2D eigenvalue weighted by Gasteiger charge is -2.39. The fourth-order valence-electron chi connectivity index (χ4n) is 3.80. The van der Waals surface area contributed by atoms with Crippen molar-refractivity contribution in [1.29, 1.82) is 0 Å². The first-order chi connectivity index (χ1) is 20.9. The van der Waals surface area contributed by atoms with E-state index >= 15 is 0 Å². The molecule has 2 rings (SSSR count). The minimum Gasteiger partial charge on any atom is -0.400 e. The van der Waals surface area contributed by atoms with Gasteiger partial charge in [0.25, 0.3) is 0 Å². The van der Waals surface area contributed by atoms with Gasteiger partial charge in [0.2, 0.25) is 29.5 Å². The molecule has 1 fully saturated rings. The molecule has 1 aromatic rings. The van der Waals surface area contributed by atoms with Crippen LogP contribution in [0.15, 0.2) is 12.5 Å². The lowest BCUT2D eigenvalue weighted by atomic mass is 9.99. The van der Waals surface area contributed by atoms with E-state index in [1.54, 1.807) is 6.33 Å². The van der Waals surface area contributed by atoms with Gasteiger partial charge in [0, 0.05) is 46.1 Å². The predicted molar refractivity (Wildman–Crippen MR) is 161 cm³/mol. The lowest BCUT2D eigenvalue weighted by Crippen LogP contribution is -2.61. The van der Waals surface area contributed by atoms with Crippen LogP contribution in [0.4, 0.5) is 0 Å². The molecule has 0 spiro atoms. The van der Waals surface area contributed by atoms with Crippen LogP contribution in [0, 0.1) is 12.8 Å². The minimum absolute atomic E-state index is 0.0274. The summed E-state index contributed by atoms with van der Waals surface area (Å²) in [6.07, 6.45) is 3.34. The van der Waals surface area contributed by atoms with Gasteiger partial charge in [-0.05, 0) is 32.6 Å². The lowest BCUT2D eigenvalue weighted by molar-refractivity contribution is -0.146. The number of rotatable bonds is 14. The number of aliphatic hydroxyl groups is 2. The first kappa shape index (κ1) is 41.6. The van der Waals surface area contributed by atoms with Crippen molar-refractivity contribution >= 4 is 37.4 Å². The smallest absolute Gasteiger partial charge is 0.400 e. The van der Waals surface area contributed by atoms with Crippen LogP contribution in [0.25, 0.3) is 0 Å². The van der Waals surface area contributed by atoms with E-state index in [2.05, 4.69) is 30.8 Å². The number of aryl methyl sites for hydroxylation is 2. The van der Waals surface area contributed by atoms with Crippen LogP contribution >= 0.6 is 7.82 Å². The molecule has 0 bridgehead atoms. The number of carbonyl (C=O) groups is 5. The Morgan fingerprint density at radius 3 is 2.07 bits per heavy atom. The number of amides is 5. The van der Waals surface area contributed by atoms with E-state index in [1.165, 1.54) is 24.4 Å². The van der Waals surface area contributed by atoms with Gasteiger partial charge < -0.3 is 50.7 Å². The molecule has 0 radical (unpaired) electrons. The van der Waals surface area contributed by atoms with Crippen molar-refractivity contribution in [1.82, 2.24) is 35.7 Å². The second kappa shape index (κ2) is 20.6. The first-order valence-corrected chi connectivity index (χ1v) is 15.6. The van der Waals surface area contributed by atoms with E-state index < -0.39 is 68.8 Å². The molecule has 19 heteroatoms. The minimum atomic E-state index is -4.75. The Hall–Kier alpha value is -3.41. The molecule has 2 heterocycles. The highest BCUT2D eigenvalue weighted by Crippen LogP contribution is 2.37. The van der Waals surface area contributed by atoms with Gasteiger partial charge in [-0.3, -0.25) is 28.5 Å². The molecule has 8 N–H and O–H groups in total. The Labute approximate surface area is 262 Å². The van der Waals surface area contributed by atoms with Gasteiger partial charge in [-0.1, -0.05) is 13.8 Å². The molecule has 258 valence electrons. The molecule has 3 unspecified atom stereocenters. The predicted octanol–water partition coefficient (Wildman–Crippen LogP) is -2.32. The van der Waals surface area contributed by atoms with Crippen molar-refractivity contribution in [2.45, 2.75) is 71.7 Å². The number of imidazole rings is 1. The number of phosphoric acid groups is 1. The molecule has 1 aliphatic heterocycles. The van der Waals surface area contributed by atoms with Crippen molar-refractivity contribution in [2.75, 3.05) is 33.4 Å². The molecule has 45 heavy (non-hydrogen) atoms. The SMILES string of the molecule is CC(=O)N1CCC1C(=O)N[C@@H](CC(C)C)C(=O)NCC(=O)NC(CO)C(=O)NCC(C)OP(=O)(O)O.CO.Cc1cncn1C. The van der Waals surface area contributed by atoms with Crippen molar-refractivity contribution in [2.24, 2.45) is 13.0 Å². The molecular formula is C26H48N7O11P. The zero-order valence-corrected chi connectivity index (χ0v) is 27.6. The van der Waals surface area contributed by atoms with Crippen molar-refractivity contribution in [3.63, 3.8) is 0 Å². The van der Waals surface area contributed by atoms with E-state index in [0.717, 1.165) is 7.11 Å². The molecule has 0 saturated carbocycles. The van der Waals surface area contributed by atoms with Crippen molar-refractivity contribution in [3.8, 4) is 0 Å². The highest BCUT2D eigenvalue weighted by Gasteiger charge is 2.37. The Morgan fingerprint density at radius 2 is 1.67 bits per heavy atom. The van der Waals surface area contributed by atoms with Crippen molar-refractivity contribution < 1.29 is 53.1 Å².